The van der Waals surface area contributed by atoms with E-state index in [1.165, 1.54) is 0 Å². The molecule has 1 N–H and O–H groups in total. The zero-order valence-electron chi connectivity index (χ0n) is 14.9. The smallest absolute Gasteiger partial charge is 0.223 e. The number of imidazole rings is 1. The number of hydrogen-bond donors (Lipinski definition) is 1. The molecule has 3 aromatic rings. The normalized spacial score (nSPS) is 20.0. The summed E-state index contributed by atoms with van der Waals surface area (Å²) in [6.07, 6.45) is 5.53. The lowest BCUT2D eigenvalue weighted by molar-refractivity contribution is -0.131. The molecule has 0 radical (unpaired) electrons. The van der Waals surface area contributed by atoms with Crippen LogP contribution in [0.15, 0.2) is 54.9 Å². The van der Waals surface area contributed by atoms with Crippen molar-refractivity contribution >= 4 is 11.6 Å². The molecule has 2 aromatic heterocycles. The van der Waals surface area contributed by atoms with Crippen molar-refractivity contribution in [3.63, 3.8) is 0 Å². The summed E-state index contributed by atoms with van der Waals surface area (Å²) in [4.78, 5) is 18.9. The van der Waals surface area contributed by atoms with Gasteiger partial charge in [-0.15, -0.1) is 0 Å². The molecule has 1 aliphatic heterocycles. The van der Waals surface area contributed by atoms with E-state index in [1.807, 2.05) is 66.2 Å². The fraction of sp³-hybridized carbons (Fsp3) is 0.333. The van der Waals surface area contributed by atoms with Gasteiger partial charge in [-0.1, -0.05) is 30.3 Å². The minimum atomic E-state index is -0.940. The monoisotopic (exact) mass is 349 g/mol. The lowest BCUT2D eigenvalue weighted by Gasteiger charge is -2.25. The number of carbonyl (C=O) groups excluding carboxylic acids is 1. The number of rotatable bonds is 4. The van der Waals surface area contributed by atoms with E-state index in [9.17, 15) is 9.90 Å². The van der Waals surface area contributed by atoms with E-state index in [1.54, 1.807) is 4.90 Å². The third kappa shape index (κ3) is 3.10. The van der Waals surface area contributed by atoms with Gasteiger partial charge in [-0.05, 0) is 43.0 Å². The molecule has 0 bridgehead atoms. The van der Waals surface area contributed by atoms with Crippen LogP contribution in [0.25, 0.3) is 5.65 Å². The molecule has 0 saturated carbocycles. The Morgan fingerprint density at radius 2 is 2.04 bits per heavy atom. The van der Waals surface area contributed by atoms with Crippen LogP contribution in [-0.4, -0.2) is 38.4 Å². The highest BCUT2D eigenvalue weighted by Gasteiger charge is 2.40. The molecule has 1 fully saturated rings. The van der Waals surface area contributed by atoms with Crippen molar-refractivity contribution in [3.8, 4) is 0 Å². The maximum Gasteiger partial charge on any atom is 0.223 e. The first-order chi connectivity index (χ1) is 12.5. The van der Waals surface area contributed by atoms with Gasteiger partial charge in [-0.2, -0.15) is 0 Å². The number of carbonyl (C=O) groups is 1. The number of amides is 1. The number of fused-ring (bicyclic) bond motifs is 1. The summed E-state index contributed by atoms with van der Waals surface area (Å²) < 4.78 is 1.96. The van der Waals surface area contributed by atoms with E-state index >= 15 is 0 Å². The van der Waals surface area contributed by atoms with Crippen LogP contribution in [0.1, 0.15) is 29.7 Å². The number of nitrogens with zero attached hydrogens (tertiary/aromatic N) is 3. The molecule has 0 aliphatic carbocycles. The lowest BCUT2D eigenvalue weighted by atomic mass is 9.89. The lowest BCUT2D eigenvalue weighted by Crippen LogP contribution is -2.35. The molecule has 0 unspecified atom stereocenters. The molecule has 1 aromatic carbocycles. The molecule has 1 amide bonds. The molecule has 1 aliphatic rings. The standard InChI is InChI=1S/C21H23N3O2/c1-16-6-2-3-7-18(16)21(26)11-13-24(15-21)20(25)10-9-17-14-23-12-5-4-8-19(23)22-17/h2-8,12,14,26H,9-11,13,15H2,1H3/t21-/m1/s1. The molecule has 1 saturated heterocycles. The number of likely N-dealkylation sites (tertiary alicyclic amines) is 1. The highest BCUT2D eigenvalue weighted by molar-refractivity contribution is 5.77. The fourth-order valence-corrected chi connectivity index (χ4v) is 3.82. The van der Waals surface area contributed by atoms with E-state index in [2.05, 4.69) is 4.98 Å². The second-order valence-electron chi connectivity index (χ2n) is 7.11. The van der Waals surface area contributed by atoms with Gasteiger partial charge in [0.25, 0.3) is 0 Å². The molecule has 5 heteroatoms. The first-order valence-electron chi connectivity index (χ1n) is 9.04. The van der Waals surface area contributed by atoms with Crippen LogP contribution in [0, 0.1) is 6.92 Å². The molecular weight excluding hydrogens is 326 g/mol. The van der Waals surface area contributed by atoms with Gasteiger partial charge in [0.05, 0.1) is 12.2 Å². The summed E-state index contributed by atoms with van der Waals surface area (Å²) in [6.45, 7) is 2.96. The molecule has 0 spiro atoms. The summed E-state index contributed by atoms with van der Waals surface area (Å²) >= 11 is 0. The molecule has 26 heavy (non-hydrogen) atoms. The number of pyridine rings is 1. The molecule has 1 atom stereocenters. The van der Waals surface area contributed by atoms with Crippen LogP contribution in [0.5, 0.6) is 0 Å². The van der Waals surface area contributed by atoms with Gasteiger partial charge in [0.15, 0.2) is 0 Å². The highest BCUT2D eigenvalue weighted by atomic mass is 16.3. The van der Waals surface area contributed by atoms with Crippen LogP contribution in [0.3, 0.4) is 0 Å². The fourth-order valence-electron chi connectivity index (χ4n) is 3.82. The van der Waals surface area contributed by atoms with Gasteiger partial charge in [0, 0.05) is 25.4 Å². The number of aromatic nitrogens is 2. The van der Waals surface area contributed by atoms with E-state index in [-0.39, 0.29) is 5.91 Å². The largest absolute Gasteiger partial charge is 0.383 e. The maximum atomic E-state index is 12.6. The van der Waals surface area contributed by atoms with Crippen LogP contribution in [0.2, 0.25) is 0 Å². The summed E-state index contributed by atoms with van der Waals surface area (Å²) in [5.74, 6) is 0.0755. The number of hydrogen-bond acceptors (Lipinski definition) is 3. The SMILES string of the molecule is Cc1ccccc1[C@@]1(O)CCN(C(=O)CCc2cn3ccccc3n2)C1. The third-order valence-electron chi connectivity index (χ3n) is 5.26. The average Bonchev–Trinajstić information content (AvgIpc) is 3.24. The molecule has 5 nitrogen and oxygen atoms in total. The number of benzene rings is 1. The summed E-state index contributed by atoms with van der Waals surface area (Å²) in [5.41, 5.74) is 2.86. The van der Waals surface area contributed by atoms with Crippen LogP contribution in [-0.2, 0) is 16.8 Å². The zero-order valence-corrected chi connectivity index (χ0v) is 14.9. The molecular formula is C21H23N3O2. The number of β-amino-alcohol motifs (C(OH)–C–C–N with tert-alkyl or cyclic N) is 1. The average molecular weight is 349 g/mol. The predicted octanol–water partition coefficient (Wildman–Crippen LogP) is 2.70. The Labute approximate surface area is 152 Å². The van der Waals surface area contributed by atoms with Gasteiger partial charge in [-0.25, -0.2) is 4.98 Å². The van der Waals surface area contributed by atoms with Gasteiger partial charge in [0.1, 0.15) is 11.2 Å². The van der Waals surface area contributed by atoms with Crippen LogP contribution in [0.4, 0.5) is 0 Å². The van der Waals surface area contributed by atoms with Crippen molar-refractivity contribution in [2.45, 2.75) is 31.8 Å². The van der Waals surface area contributed by atoms with E-state index in [0.29, 0.717) is 32.4 Å². The Bertz CT molecular complexity index is 916. The Hall–Kier alpha value is -2.66. The maximum absolute atomic E-state index is 12.6. The number of aryl methyl sites for hydroxylation is 2. The van der Waals surface area contributed by atoms with Crippen molar-refractivity contribution in [1.29, 1.82) is 0 Å². The predicted molar refractivity (Wildman–Crippen MR) is 99.8 cm³/mol. The Kier molecular flexibility index (Phi) is 4.24. The second-order valence-corrected chi connectivity index (χ2v) is 7.11. The van der Waals surface area contributed by atoms with Crippen molar-refractivity contribution in [2.24, 2.45) is 0 Å². The van der Waals surface area contributed by atoms with Gasteiger partial charge < -0.3 is 14.4 Å². The van der Waals surface area contributed by atoms with E-state index in [0.717, 1.165) is 22.5 Å². The van der Waals surface area contributed by atoms with Crippen molar-refractivity contribution < 1.29 is 9.90 Å². The topological polar surface area (TPSA) is 57.8 Å². The van der Waals surface area contributed by atoms with Gasteiger partial charge in [-0.3, -0.25) is 4.79 Å². The van der Waals surface area contributed by atoms with E-state index < -0.39 is 5.60 Å². The first kappa shape index (κ1) is 16.8. The quantitative estimate of drug-likeness (QED) is 0.788. The minimum absolute atomic E-state index is 0.0755. The van der Waals surface area contributed by atoms with E-state index in [4.69, 9.17) is 0 Å². The third-order valence-corrected chi connectivity index (χ3v) is 5.26. The van der Waals surface area contributed by atoms with Crippen LogP contribution < -0.4 is 0 Å². The second kappa shape index (κ2) is 6.57. The number of aliphatic hydroxyl groups is 1. The first-order valence-corrected chi connectivity index (χ1v) is 9.04. The van der Waals surface area contributed by atoms with Gasteiger partial charge in [0.2, 0.25) is 5.91 Å². The molecule has 4 rings (SSSR count). The van der Waals surface area contributed by atoms with Crippen molar-refractivity contribution in [3.05, 3.63) is 71.7 Å². The Morgan fingerprint density at radius 1 is 1.23 bits per heavy atom. The van der Waals surface area contributed by atoms with Crippen LogP contribution >= 0.6 is 0 Å². The Morgan fingerprint density at radius 3 is 2.85 bits per heavy atom. The summed E-state index contributed by atoms with van der Waals surface area (Å²) in [6, 6.07) is 13.7. The minimum Gasteiger partial charge on any atom is -0.383 e. The highest BCUT2D eigenvalue weighted by Crippen LogP contribution is 2.34. The van der Waals surface area contributed by atoms with Crippen molar-refractivity contribution in [1.82, 2.24) is 14.3 Å². The molecule has 3 heterocycles. The van der Waals surface area contributed by atoms with Crippen molar-refractivity contribution in [2.75, 3.05) is 13.1 Å². The summed E-state index contributed by atoms with van der Waals surface area (Å²) in [7, 11) is 0. The Balaban J connectivity index is 1.40. The zero-order chi connectivity index (χ0) is 18.1. The van der Waals surface area contributed by atoms with Gasteiger partial charge >= 0.3 is 0 Å². The summed E-state index contributed by atoms with van der Waals surface area (Å²) in [5, 5.41) is 11.0. The molecule has 134 valence electrons.